The highest BCUT2D eigenvalue weighted by Crippen LogP contribution is 2.38. The van der Waals surface area contributed by atoms with E-state index in [1.807, 2.05) is 30.3 Å². The van der Waals surface area contributed by atoms with E-state index in [4.69, 9.17) is 9.52 Å². The summed E-state index contributed by atoms with van der Waals surface area (Å²) in [7, 11) is 0. The summed E-state index contributed by atoms with van der Waals surface area (Å²) >= 11 is 0. The molecular formula is C17H17NO4. The monoisotopic (exact) mass is 299 g/mol. The van der Waals surface area contributed by atoms with Crippen LogP contribution in [0.25, 0.3) is 0 Å². The van der Waals surface area contributed by atoms with Crippen molar-refractivity contribution in [1.29, 1.82) is 0 Å². The van der Waals surface area contributed by atoms with Crippen LogP contribution in [0.15, 0.2) is 46.9 Å². The molecule has 0 spiro atoms. The first-order valence-electron chi connectivity index (χ1n) is 7.32. The van der Waals surface area contributed by atoms with E-state index in [-0.39, 0.29) is 17.4 Å². The van der Waals surface area contributed by atoms with Gasteiger partial charge in [-0.25, -0.2) is 4.79 Å². The zero-order chi connectivity index (χ0) is 15.6. The number of carboxylic acid groups (broad SMARTS) is 1. The summed E-state index contributed by atoms with van der Waals surface area (Å²) in [5, 5.41) is 11.9. The molecule has 1 saturated carbocycles. The number of rotatable bonds is 4. The molecule has 1 heterocycles. The van der Waals surface area contributed by atoms with Gasteiger partial charge < -0.3 is 14.8 Å². The third-order valence-electron chi connectivity index (χ3n) is 4.18. The molecule has 1 aliphatic carbocycles. The standard InChI is InChI=1S/C17H17NO4/c19-15(13-8-9-14(22-13)16(20)21)18-17(10-4-5-11-17)12-6-2-1-3-7-12/h1-3,6-9H,4-5,10-11H2,(H,18,19)(H,20,21). The van der Waals surface area contributed by atoms with Crippen LogP contribution in [0.3, 0.4) is 0 Å². The molecule has 5 nitrogen and oxygen atoms in total. The van der Waals surface area contributed by atoms with Gasteiger partial charge in [0.2, 0.25) is 5.76 Å². The lowest BCUT2D eigenvalue weighted by Crippen LogP contribution is -2.43. The van der Waals surface area contributed by atoms with Gasteiger partial charge in [-0.3, -0.25) is 4.79 Å². The van der Waals surface area contributed by atoms with Crippen molar-refractivity contribution in [3.05, 3.63) is 59.5 Å². The van der Waals surface area contributed by atoms with Crippen LogP contribution in [0.1, 0.15) is 52.4 Å². The zero-order valence-corrected chi connectivity index (χ0v) is 12.0. The molecule has 3 rings (SSSR count). The maximum atomic E-state index is 12.4. The summed E-state index contributed by atoms with van der Waals surface area (Å²) in [6, 6.07) is 12.6. The van der Waals surface area contributed by atoms with Crippen molar-refractivity contribution >= 4 is 11.9 Å². The molecule has 1 amide bonds. The van der Waals surface area contributed by atoms with Crippen molar-refractivity contribution in [2.75, 3.05) is 0 Å². The molecule has 0 atom stereocenters. The van der Waals surface area contributed by atoms with Crippen LogP contribution in [0.4, 0.5) is 0 Å². The number of amides is 1. The second kappa shape index (κ2) is 5.67. The van der Waals surface area contributed by atoms with E-state index < -0.39 is 11.5 Å². The van der Waals surface area contributed by atoms with E-state index in [1.54, 1.807) is 0 Å². The molecule has 1 aromatic carbocycles. The first kappa shape index (κ1) is 14.4. The lowest BCUT2D eigenvalue weighted by atomic mass is 9.88. The highest BCUT2D eigenvalue weighted by atomic mass is 16.4. The first-order valence-corrected chi connectivity index (χ1v) is 7.32. The number of hydrogen-bond donors (Lipinski definition) is 2. The molecule has 1 fully saturated rings. The number of carbonyl (C=O) groups is 2. The fourth-order valence-corrected chi connectivity index (χ4v) is 3.08. The molecule has 22 heavy (non-hydrogen) atoms. The first-order chi connectivity index (χ1) is 10.6. The Labute approximate surface area is 127 Å². The van der Waals surface area contributed by atoms with E-state index in [0.29, 0.717) is 0 Å². The van der Waals surface area contributed by atoms with Gasteiger partial charge in [-0.15, -0.1) is 0 Å². The van der Waals surface area contributed by atoms with Gasteiger partial charge in [-0.1, -0.05) is 43.2 Å². The molecule has 2 aromatic rings. The van der Waals surface area contributed by atoms with Gasteiger partial charge in [0.25, 0.3) is 5.91 Å². The summed E-state index contributed by atoms with van der Waals surface area (Å²) in [5.41, 5.74) is 0.681. The topological polar surface area (TPSA) is 79.5 Å². The van der Waals surface area contributed by atoms with Gasteiger partial charge in [-0.05, 0) is 30.5 Å². The summed E-state index contributed by atoms with van der Waals surface area (Å²) in [4.78, 5) is 23.3. The van der Waals surface area contributed by atoms with E-state index >= 15 is 0 Å². The molecule has 1 aromatic heterocycles. The van der Waals surface area contributed by atoms with Gasteiger partial charge in [0.15, 0.2) is 5.76 Å². The Morgan fingerprint density at radius 1 is 1.00 bits per heavy atom. The van der Waals surface area contributed by atoms with E-state index in [9.17, 15) is 9.59 Å². The average molecular weight is 299 g/mol. The maximum absolute atomic E-state index is 12.4. The van der Waals surface area contributed by atoms with Crippen molar-refractivity contribution in [2.45, 2.75) is 31.2 Å². The Bertz CT molecular complexity index is 684. The highest BCUT2D eigenvalue weighted by Gasteiger charge is 2.37. The van der Waals surface area contributed by atoms with Crippen LogP contribution in [0.2, 0.25) is 0 Å². The Morgan fingerprint density at radius 2 is 1.64 bits per heavy atom. The van der Waals surface area contributed by atoms with Crippen LogP contribution in [-0.2, 0) is 5.54 Å². The predicted octanol–water partition coefficient (Wildman–Crippen LogP) is 3.18. The molecule has 2 N–H and O–H groups in total. The molecule has 5 heteroatoms. The third-order valence-corrected chi connectivity index (χ3v) is 4.18. The van der Waals surface area contributed by atoms with E-state index in [2.05, 4.69) is 5.32 Å². The number of carboxylic acids is 1. The van der Waals surface area contributed by atoms with Gasteiger partial charge in [0, 0.05) is 0 Å². The van der Waals surface area contributed by atoms with Crippen LogP contribution in [0.5, 0.6) is 0 Å². The largest absolute Gasteiger partial charge is 0.475 e. The van der Waals surface area contributed by atoms with Gasteiger partial charge in [0.1, 0.15) is 0 Å². The minimum Gasteiger partial charge on any atom is -0.475 e. The van der Waals surface area contributed by atoms with Gasteiger partial charge in [0.05, 0.1) is 5.54 Å². The average Bonchev–Trinajstić information content (AvgIpc) is 3.18. The molecule has 0 aliphatic heterocycles. The maximum Gasteiger partial charge on any atom is 0.371 e. The van der Waals surface area contributed by atoms with Crippen molar-refractivity contribution in [3.8, 4) is 0 Å². The SMILES string of the molecule is O=C(O)c1ccc(C(=O)NC2(c3ccccc3)CCCC2)o1. The Hall–Kier alpha value is -2.56. The molecular weight excluding hydrogens is 282 g/mol. The van der Waals surface area contributed by atoms with E-state index in [0.717, 1.165) is 31.2 Å². The van der Waals surface area contributed by atoms with Crippen molar-refractivity contribution in [2.24, 2.45) is 0 Å². The number of furan rings is 1. The van der Waals surface area contributed by atoms with Crippen LogP contribution in [-0.4, -0.2) is 17.0 Å². The van der Waals surface area contributed by atoms with Crippen molar-refractivity contribution in [3.63, 3.8) is 0 Å². The van der Waals surface area contributed by atoms with Crippen molar-refractivity contribution < 1.29 is 19.1 Å². The summed E-state index contributed by atoms with van der Waals surface area (Å²) < 4.78 is 5.09. The summed E-state index contributed by atoms with van der Waals surface area (Å²) in [5.74, 6) is -1.76. The molecule has 114 valence electrons. The number of benzene rings is 1. The molecule has 0 radical (unpaired) electrons. The highest BCUT2D eigenvalue weighted by molar-refractivity contribution is 5.94. The van der Waals surface area contributed by atoms with Crippen LogP contribution < -0.4 is 5.32 Å². The summed E-state index contributed by atoms with van der Waals surface area (Å²) in [6.07, 6.45) is 3.84. The predicted molar refractivity (Wildman–Crippen MR) is 79.7 cm³/mol. The lowest BCUT2D eigenvalue weighted by molar-refractivity contribution is 0.0658. The minimum atomic E-state index is -1.18. The fraction of sp³-hybridized carbons (Fsp3) is 0.294. The third kappa shape index (κ3) is 2.62. The number of nitrogens with one attached hydrogen (secondary N) is 1. The Morgan fingerprint density at radius 3 is 2.23 bits per heavy atom. The molecule has 0 unspecified atom stereocenters. The van der Waals surface area contributed by atoms with Crippen LogP contribution in [0, 0.1) is 0 Å². The minimum absolute atomic E-state index is 0.0274. The summed E-state index contributed by atoms with van der Waals surface area (Å²) in [6.45, 7) is 0. The Kier molecular flexibility index (Phi) is 3.71. The molecule has 0 bridgehead atoms. The van der Waals surface area contributed by atoms with Crippen LogP contribution >= 0.6 is 0 Å². The second-order valence-electron chi connectivity index (χ2n) is 5.58. The fourth-order valence-electron chi connectivity index (χ4n) is 3.08. The number of aromatic carboxylic acids is 1. The number of hydrogen-bond acceptors (Lipinski definition) is 3. The van der Waals surface area contributed by atoms with Gasteiger partial charge >= 0.3 is 5.97 Å². The normalized spacial score (nSPS) is 16.4. The Balaban J connectivity index is 1.85. The second-order valence-corrected chi connectivity index (χ2v) is 5.58. The van der Waals surface area contributed by atoms with Crippen molar-refractivity contribution in [1.82, 2.24) is 5.32 Å². The van der Waals surface area contributed by atoms with E-state index in [1.165, 1.54) is 12.1 Å². The molecule has 1 aliphatic rings. The zero-order valence-electron chi connectivity index (χ0n) is 12.0. The smallest absolute Gasteiger partial charge is 0.371 e. The quantitative estimate of drug-likeness (QED) is 0.908. The number of carbonyl (C=O) groups excluding carboxylic acids is 1. The lowest BCUT2D eigenvalue weighted by Gasteiger charge is -2.30. The van der Waals surface area contributed by atoms with Gasteiger partial charge in [-0.2, -0.15) is 0 Å². The molecule has 0 saturated heterocycles.